The van der Waals surface area contributed by atoms with Crippen molar-refractivity contribution in [1.82, 2.24) is 14.4 Å². The zero-order valence-corrected chi connectivity index (χ0v) is 19.5. The quantitative estimate of drug-likeness (QED) is 0.542. The Morgan fingerprint density at radius 2 is 1.97 bits per heavy atom. The number of fused-ring (bicyclic) bond motifs is 1. The Hall–Kier alpha value is -3.21. The molecular formula is C22H26FN5O4S. The predicted molar refractivity (Wildman–Crippen MR) is 122 cm³/mol. The number of rotatable bonds is 6. The van der Waals surface area contributed by atoms with Crippen LogP contribution in [0.3, 0.4) is 0 Å². The first-order valence-electron chi connectivity index (χ1n) is 10.7. The molecule has 0 spiro atoms. The molecule has 11 heteroatoms. The maximum Gasteiger partial charge on any atom is 0.309 e. The van der Waals surface area contributed by atoms with Crippen LogP contribution in [0, 0.1) is 11.7 Å². The van der Waals surface area contributed by atoms with Gasteiger partial charge in [-0.05, 0) is 44.9 Å². The van der Waals surface area contributed by atoms with Crippen LogP contribution in [-0.4, -0.2) is 54.2 Å². The lowest BCUT2D eigenvalue weighted by Crippen LogP contribution is -2.38. The number of ether oxygens (including phenoxy) is 1. The van der Waals surface area contributed by atoms with Crippen molar-refractivity contribution >= 4 is 38.8 Å². The number of halogens is 1. The van der Waals surface area contributed by atoms with E-state index in [1.165, 1.54) is 12.1 Å². The van der Waals surface area contributed by atoms with Crippen LogP contribution in [-0.2, 0) is 19.4 Å². The van der Waals surface area contributed by atoms with Crippen molar-refractivity contribution in [3.05, 3.63) is 42.6 Å². The second-order valence-corrected chi connectivity index (χ2v) is 10.4. The fourth-order valence-corrected chi connectivity index (χ4v) is 4.48. The van der Waals surface area contributed by atoms with Gasteiger partial charge in [0.1, 0.15) is 11.3 Å². The standard InChI is InChI=1S/C22H26FN5O4S/c1-14(2)32-21(29)15-6-9-27(10-7-15)22-25-13-19-20(24-8-11-28(19)22)26-18-5-4-16(12-17(18)23)33(3,30)31/h4-5,8,11-15H,6-7,9-10H2,1-3H3,(H,24,26). The van der Waals surface area contributed by atoms with Crippen molar-refractivity contribution in [1.29, 1.82) is 0 Å². The third-order valence-electron chi connectivity index (χ3n) is 5.52. The van der Waals surface area contributed by atoms with Crippen LogP contribution < -0.4 is 10.2 Å². The Labute approximate surface area is 191 Å². The molecule has 1 N–H and O–H groups in total. The number of hydrogen-bond donors (Lipinski definition) is 1. The van der Waals surface area contributed by atoms with Gasteiger partial charge in [-0.1, -0.05) is 0 Å². The van der Waals surface area contributed by atoms with Gasteiger partial charge in [0.15, 0.2) is 15.7 Å². The van der Waals surface area contributed by atoms with Gasteiger partial charge >= 0.3 is 5.97 Å². The number of aromatic nitrogens is 3. The highest BCUT2D eigenvalue weighted by atomic mass is 32.2. The smallest absolute Gasteiger partial charge is 0.309 e. The number of imidazole rings is 1. The van der Waals surface area contributed by atoms with E-state index in [9.17, 15) is 17.6 Å². The summed E-state index contributed by atoms with van der Waals surface area (Å²) in [5, 5.41) is 2.93. The first kappa shape index (κ1) is 23.0. The third-order valence-corrected chi connectivity index (χ3v) is 6.63. The Kier molecular flexibility index (Phi) is 6.24. The molecule has 3 aromatic rings. The molecule has 0 bridgehead atoms. The van der Waals surface area contributed by atoms with Gasteiger partial charge in [0, 0.05) is 31.7 Å². The van der Waals surface area contributed by atoms with Gasteiger partial charge in [0.2, 0.25) is 5.95 Å². The Morgan fingerprint density at radius 3 is 2.61 bits per heavy atom. The van der Waals surface area contributed by atoms with Crippen LogP contribution in [0.5, 0.6) is 0 Å². The SMILES string of the molecule is CC(C)OC(=O)C1CCN(c2ncc3c(Nc4ccc(S(C)(=O)=O)cc4F)nccn23)CC1. The topological polar surface area (TPSA) is 106 Å². The summed E-state index contributed by atoms with van der Waals surface area (Å²) in [4.78, 5) is 23.0. The molecule has 1 fully saturated rings. The molecule has 2 aromatic heterocycles. The fraction of sp³-hybridized carbons (Fsp3) is 0.409. The van der Waals surface area contributed by atoms with Crippen LogP contribution in [0.1, 0.15) is 26.7 Å². The predicted octanol–water partition coefficient (Wildman–Crippen LogP) is 3.18. The van der Waals surface area contributed by atoms with E-state index >= 15 is 0 Å². The van der Waals surface area contributed by atoms with E-state index in [4.69, 9.17) is 4.74 Å². The summed E-state index contributed by atoms with van der Waals surface area (Å²) in [5.41, 5.74) is 0.746. The summed E-state index contributed by atoms with van der Waals surface area (Å²) in [7, 11) is -3.51. The number of carbonyl (C=O) groups excluding carboxylic acids is 1. The summed E-state index contributed by atoms with van der Waals surface area (Å²) in [6, 6.07) is 3.69. The number of piperidine rings is 1. The average Bonchev–Trinajstić information content (AvgIpc) is 3.19. The highest BCUT2D eigenvalue weighted by Crippen LogP contribution is 2.28. The number of hydrogen-bond acceptors (Lipinski definition) is 8. The summed E-state index contributed by atoms with van der Waals surface area (Å²) in [6.45, 7) is 5.00. The first-order valence-corrected chi connectivity index (χ1v) is 12.6. The van der Waals surface area contributed by atoms with E-state index in [-0.39, 0.29) is 28.6 Å². The Bertz CT molecular complexity index is 1280. The van der Waals surface area contributed by atoms with Crippen LogP contribution in [0.25, 0.3) is 5.52 Å². The average molecular weight is 476 g/mol. The molecule has 0 saturated carbocycles. The van der Waals surface area contributed by atoms with E-state index < -0.39 is 15.7 Å². The minimum absolute atomic E-state index is 0.0935. The zero-order chi connectivity index (χ0) is 23.8. The van der Waals surface area contributed by atoms with Gasteiger partial charge < -0.3 is 15.0 Å². The van der Waals surface area contributed by atoms with Crippen molar-refractivity contribution < 1.29 is 22.3 Å². The molecule has 0 aliphatic carbocycles. The molecule has 4 rings (SSSR count). The number of benzene rings is 1. The largest absolute Gasteiger partial charge is 0.463 e. The summed E-state index contributed by atoms with van der Waals surface area (Å²) >= 11 is 0. The molecule has 0 unspecified atom stereocenters. The number of anilines is 3. The van der Waals surface area contributed by atoms with Crippen molar-refractivity contribution in [2.24, 2.45) is 5.92 Å². The molecule has 1 aliphatic heterocycles. The second kappa shape index (κ2) is 8.97. The maximum atomic E-state index is 14.5. The molecule has 0 amide bonds. The minimum Gasteiger partial charge on any atom is -0.463 e. The van der Waals surface area contributed by atoms with Crippen molar-refractivity contribution in [3.63, 3.8) is 0 Å². The lowest BCUT2D eigenvalue weighted by molar-refractivity contribution is -0.153. The molecule has 9 nitrogen and oxygen atoms in total. The molecule has 1 aromatic carbocycles. The van der Waals surface area contributed by atoms with Crippen molar-refractivity contribution in [2.45, 2.75) is 37.7 Å². The van der Waals surface area contributed by atoms with Crippen LogP contribution >= 0.6 is 0 Å². The molecule has 1 saturated heterocycles. The van der Waals surface area contributed by atoms with Crippen molar-refractivity contribution in [2.75, 3.05) is 29.6 Å². The second-order valence-electron chi connectivity index (χ2n) is 8.38. The van der Waals surface area contributed by atoms with E-state index in [1.54, 1.807) is 18.6 Å². The van der Waals surface area contributed by atoms with Gasteiger partial charge in [-0.3, -0.25) is 9.20 Å². The van der Waals surface area contributed by atoms with Gasteiger partial charge in [0.25, 0.3) is 0 Å². The molecule has 33 heavy (non-hydrogen) atoms. The number of esters is 1. The van der Waals surface area contributed by atoms with Crippen molar-refractivity contribution in [3.8, 4) is 0 Å². The fourth-order valence-electron chi connectivity index (χ4n) is 3.84. The van der Waals surface area contributed by atoms with E-state index in [0.29, 0.717) is 43.2 Å². The number of sulfone groups is 1. The van der Waals surface area contributed by atoms with E-state index in [2.05, 4.69) is 20.2 Å². The van der Waals surface area contributed by atoms with Gasteiger partial charge in [-0.25, -0.2) is 22.8 Å². The molecule has 0 radical (unpaired) electrons. The normalized spacial score (nSPS) is 15.2. The Balaban J connectivity index is 1.53. The number of nitrogens with one attached hydrogen (secondary N) is 1. The monoisotopic (exact) mass is 475 g/mol. The lowest BCUT2D eigenvalue weighted by atomic mass is 9.97. The highest BCUT2D eigenvalue weighted by Gasteiger charge is 2.28. The van der Waals surface area contributed by atoms with E-state index in [1.807, 2.05) is 18.2 Å². The van der Waals surface area contributed by atoms with E-state index in [0.717, 1.165) is 12.3 Å². The molecular weight excluding hydrogens is 449 g/mol. The van der Waals surface area contributed by atoms with Crippen LogP contribution in [0.15, 0.2) is 41.7 Å². The van der Waals surface area contributed by atoms with Crippen LogP contribution in [0.4, 0.5) is 21.8 Å². The van der Waals surface area contributed by atoms with Gasteiger partial charge in [0.05, 0.1) is 28.8 Å². The summed E-state index contributed by atoms with van der Waals surface area (Å²) in [5.74, 6) is 0.123. The molecule has 0 atom stereocenters. The summed E-state index contributed by atoms with van der Waals surface area (Å²) < 4.78 is 45.0. The van der Waals surface area contributed by atoms with Gasteiger partial charge in [-0.2, -0.15) is 0 Å². The molecule has 176 valence electrons. The maximum absolute atomic E-state index is 14.5. The van der Waals surface area contributed by atoms with Gasteiger partial charge in [-0.15, -0.1) is 0 Å². The summed E-state index contributed by atoms with van der Waals surface area (Å²) in [6.07, 6.45) is 7.25. The molecule has 3 heterocycles. The lowest BCUT2D eigenvalue weighted by Gasteiger charge is -2.31. The number of carbonyl (C=O) groups is 1. The third kappa shape index (κ3) is 4.92. The zero-order valence-electron chi connectivity index (χ0n) is 18.7. The highest BCUT2D eigenvalue weighted by molar-refractivity contribution is 7.90. The minimum atomic E-state index is -3.51. The Morgan fingerprint density at radius 1 is 1.24 bits per heavy atom. The van der Waals surface area contributed by atoms with Crippen LogP contribution in [0.2, 0.25) is 0 Å². The first-order chi connectivity index (χ1) is 15.6. The molecule has 1 aliphatic rings. The number of nitrogens with zero attached hydrogens (tertiary/aromatic N) is 4.